The molecule has 0 saturated heterocycles. The number of carbonyl (C=O) groups excluding carboxylic acids is 1. The molecule has 0 bridgehead atoms. The highest BCUT2D eigenvalue weighted by Gasteiger charge is 2.22. The van der Waals surface area contributed by atoms with E-state index in [0.29, 0.717) is 5.56 Å². The molecule has 4 nitrogen and oxygen atoms in total. The molecule has 4 N–H and O–H groups in total. The molecule has 1 aromatic rings. The summed E-state index contributed by atoms with van der Waals surface area (Å²) >= 11 is 0. The summed E-state index contributed by atoms with van der Waals surface area (Å²) in [7, 11) is 0. The minimum Gasteiger partial charge on any atom is -0.390 e. The molecule has 0 aliphatic rings. The van der Waals surface area contributed by atoms with E-state index in [1.165, 1.54) is 0 Å². The van der Waals surface area contributed by atoms with Gasteiger partial charge in [-0.25, -0.2) is 0 Å². The van der Waals surface area contributed by atoms with Gasteiger partial charge in [-0.15, -0.1) is 0 Å². The molecule has 1 amide bonds. The topological polar surface area (TPSA) is 83.6 Å². The first kappa shape index (κ1) is 13.7. The number of aliphatic hydroxyl groups excluding tert-OH is 2. The van der Waals surface area contributed by atoms with E-state index in [1.54, 1.807) is 0 Å². The predicted molar refractivity (Wildman–Crippen MR) is 65.4 cm³/mol. The van der Waals surface area contributed by atoms with E-state index in [9.17, 15) is 15.0 Å². The molecule has 0 aliphatic carbocycles. The molecule has 0 aromatic heterocycles. The number of benzene rings is 1. The van der Waals surface area contributed by atoms with Gasteiger partial charge < -0.3 is 15.9 Å². The van der Waals surface area contributed by atoms with Crippen molar-refractivity contribution in [2.24, 2.45) is 5.73 Å². The van der Waals surface area contributed by atoms with Gasteiger partial charge in [0.25, 0.3) is 0 Å². The molecule has 2 atom stereocenters. The van der Waals surface area contributed by atoms with Gasteiger partial charge in [-0.3, -0.25) is 4.79 Å². The van der Waals surface area contributed by atoms with Gasteiger partial charge in [0.2, 0.25) is 5.91 Å². The third-order valence-electron chi connectivity index (χ3n) is 2.98. The zero-order valence-corrected chi connectivity index (χ0v) is 10.4. The van der Waals surface area contributed by atoms with Gasteiger partial charge >= 0.3 is 0 Å². The Bertz CT molecular complexity index is 429. The van der Waals surface area contributed by atoms with E-state index < -0.39 is 18.1 Å². The molecule has 0 aliphatic heterocycles. The first-order valence-corrected chi connectivity index (χ1v) is 5.55. The van der Waals surface area contributed by atoms with E-state index in [0.717, 1.165) is 16.7 Å². The lowest BCUT2D eigenvalue weighted by atomic mass is 9.94. The van der Waals surface area contributed by atoms with Crippen LogP contribution in [0, 0.1) is 20.8 Å². The SMILES string of the molecule is Cc1cc(C)c(C(O)C(O)CC(N)=O)cc1C. The van der Waals surface area contributed by atoms with Crippen LogP contribution in [0.15, 0.2) is 12.1 Å². The minimum absolute atomic E-state index is 0.243. The molecule has 0 spiro atoms. The van der Waals surface area contributed by atoms with Gasteiger partial charge in [-0.1, -0.05) is 12.1 Å². The Morgan fingerprint density at radius 3 is 2.24 bits per heavy atom. The lowest BCUT2D eigenvalue weighted by Crippen LogP contribution is -2.26. The van der Waals surface area contributed by atoms with E-state index in [4.69, 9.17) is 5.73 Å². The zero-order valence-electron chi connectivity index (χ0n) is 10.4. The molecule has 4 heteroatoms. The Kier molecular flexibility index (Phi) is 4.26. The van der Waals surface area contributed by atoms with Crippen LogP contribution in [0.3, 0.4) is 0 Å². The first-order chi connectivity index (χ1) is 7.82. The van der Waals surface area contributed by atoms with Gasteiger partial charge in [0.05, 0.1) is 12.5 Å². The number of nitrogens with two attached hydrogens (primary N) is 1. The second-order valence-electron chi connectivity index (χ2n) is 4.48. The van der Waals surface area contributed by atoms with Crippen molar-refractivity contribution in [3.05, 3.63) is 34.4 Å². The Balaban J connectivity index is 2.99. The summed E-state index contributed by atoms with van der Waals surface area (Å²) in [4.78, 5) is 10.7. The van der Waals surface area contributed by atoms with Crippen molar-refractivity contribution < 1.29 is 15.0 Å². The summed E-state index contributed by atoms with van der Waals surface area (Å²) < 4.78 is 0. The highest BCUT2D eigenvalue weighted by atomic mass is 16.3. The van der Waals surface area contributed by atoms with Gasteiger partial charge in [-0.2, -0.15) is 0 Å². The Morgan fingerprint density at radius 2 is 1.71 bits per heavy atom. The molecule has 1 aromatic carbocycles. The van der Waals surface area contributed by atoms with Crippen molar-refractivity contribution in [1.82, 2.24) is 0 Å². The van der Waals surface area contributed by atoms with Gasteiger partial charge in [0.1, 0.15) is 6.10 Å². The Hall–Kier alpha value is -1.39. The lowest BCUT2D eigenvalue weighted by Gasteiger charge is -2.20. The van der Waals surface area contributed by atoms with Crippen LogP contribution in [0.1, 0.15) is 34.8 Å². The van der Waals surface area contributed by atoms with Crippen molar-refractivity contribution in [2.75, 3.05) is 0 Å². The molecule has 17 heavy (non-hydrogen) atoms. The monoisotopic (exact) mass is 237 g/mol. The van der Waals surface area contributed by atoms with Crippen molar-refractivity contribution in [1.29, 1.82) is 0 Å². The summed E-state index contributed by atoms with van der Waals surface area (Å²) in [6, 6.07) is 3.78. The van der Waals surface area contributed by atoms with Crippen LogP contribution in [0.4, 0.5) is 0 Å². The Labute approximate surface area is 101 Å². The number of carbonyl (C=O) groups is 1. The molecule has 1 rings (SSSR count). The number of rotatable bonds is 4. The standard InChI is InChI=1S/C13H19NO3/c1-7-4-9(3)10(5-8(7)2)13(17)11(15)6-12(14)16/h4-5,11,13,15,17H,6H2,1-3H3,(H2,14,16). The fourth-order valence-corrected chi connectivity index (χ4v) is 1.83. The average molecular weight is 237 g/mol. The number of aryl methyl sites for hydroxylation is 3. The van der Waals surface area contributed by atoms with Crippen LogP contribution in [-0.2, 0) is 4.79 Å². The summed E-state index contributed by atoms with van der Waals surface area (Å²) in [5.41, 5.74) is 8.69. The average Bonchev–Trinajstić information content (AvgIpc) is 2.21. The highest BCUT2D eigenvalue weighted by molar-refractivity contribution is 5.74. The molecule has 0 heterocycles. The fraction of sp³-hybridized carbons (Fsp3) is 0.462. The van der Waals surface area contributed by atoms with Gasteiger partial charge in [-0.05, 0) is 43.0 Å². The Morgan fingerprint density at radius 1 is 1.18 bits per heavy atom. The van der Waals surface area contributed by atoms with Crippen LogP contribution in [0.2, 0.25) is 0 Å². The third kappa shape index (κ3) is 3.28. The van der Waals surface area contributed by atoms with E-state index in [-0.39, 0.29) is 6.42 Å². The van der Waals surface area contributed by atoms with Crippen LogP contribution < -0.4 is 5.73 Å². The zero-order chi connectivity index (χ0) is 13.2. The van der Waals surface area contributed by atoms with Crippen molar-refractivity contribution in [3.63, 3.8) is 0 Å². The largest absolute Gasteiger partial charge is 0.390 e. The second-order valence-corrected chi connectivity index (χ2v) is 4.48. The summed E-state index contributed by atoms with van der Waals surface area (Å²) in [5, 5.41) is 19.7. The van der Waals surface area contributed by atoms with Gasteiger partial charge in [0.15, 0.2) is 0 Å². The summed E-state index contributed by atoms with van der Waals surface area (Å²) in [6.07, 6.45) is -2.48. The summed E-state index contributed by atoms with van der Waals surface area (Å²) in [6.45, 7) is 5.78. The number of hydrogen-bond donors (Lipinski definition) is 3. The molecular weight excluding hydrogens is 218 g/mol. The molecule has 94 valence electrons. The normalized spacial score (nSPS) is 14.4. The molecule has 0 fully saturated rings. The second kappa shape index (κ2) is 5.29. The number of primary amides is 1. The summed E-state index contributed by atoms with van der Waals surface area (Å²) in [5.74, 6) is -0.627. The third-order valence-corrected chi connectivity index (χ3v) is 2.98. The maximum Gasteiger partial charge on any atom is 0.220 e. The van der Waals surface area contributed by atoms with Crippen LogP contribution in [0.5, 0.6) is 0 Å². The molecule has 0 radical (unpaired) electrons. The lowest BCUT2D eigenvalue weighted by molar-refractivity contribution is -0.121. The van der Waals surface area contributed by atoms with E-state index >= 15 is 0 Å². The number of amides is 1. The number of hydrogen-bond acceptors (Lipinski definition) is 3. The van der Waals surface area contributed by atoms with Crippen molar-refractivity contribution in [3.8, 4) is 0 Å². The molecule has 0 saturated carbocycles. The number of aliphatic hydroxyl groups is 2. The predicted octanol–water partition coefficient (Wildman–Crippen LogP) is 0.882. The molecule has 2 unspecified atom stereocenters. The fourth-order valence-electron chi connectivity index (χ4n) is 1.83. The maximum atomic E-state index is 10.7. The maximum absolute atomic E-state index is 10.7. The molecular formula is C13H19NO3. The van der Waals surface area contributed by atoms with Crippen LogP contribution in [-0.4, -0.2) is 22.2 Å². The van der Waals surface area contributed by atoms with E-state index in [1.807, 2.05) is 32.9 Å². The smallest absolute Gasteiger partial charge is 0.220 e. The highest BCUT2D eigenvalue weighted by Crippen LogP contribution is 2.25. The minimum atomic E-state index is -1.16. The van der Waals surface area contributed by atoms with Crippen LogP contribution in [0.25, 0.3) is 0 Å². The quantitative estimate of drug-likeness (QED) is 0.727. The first-order valence-electron chi connectivity index (χ1n) is 5.55. The van der Waals surface area contributed by atoms with Crippen molar-refractivity contribution in [2.45, 2.75) is 39.4 Å². The van der Waals surface area contributed by atoms with Crippen LogP contribution >= 0.6 is 0 Å². The van der Waals surface area contributed by atoms with Gasteiger partial charge in [0, 0.05) is 0 Å². The van der Waals surface area contributed by atoms with Crippen molar-refractivity contribution >= 4 is 5.91 Å². The van der Waals surface area contributed by atoms with E-state index in [2.05, 4.69) is 0 Å².